The fourth-order valence-corrected chi connectivity index (χ4v) is 3.94. The summed E-state index contributed by atoms with van der Waals surface area (Å²) in [6.07, 6.45) is 3.18. The second-order valence-corrected chi connectivity index (χ2v) is 9.18. The molecule has 3 aromatic carbocycles. The third-order valence-corrected chi connectivity index (χ3v) is 6.26. The summed E-state index contributed by atoms with van der Waals surface area (Å²) in [5.41, 5.74) is 6.75. The van der Waals surface area contributed by atoms with Gasteiger partial charge in [-0.15, -0.1) is 0 Å². The van der Waals surface area contributed by atoms with E-state index in [9.17, 15) is 9.59 Å². The average molecular weight is 517 g/mol. The molecule has 2 amide bonds. The predicted molar refractivity (Wildman–Crippen MR) is 153 cm³/mol. The number of carbonyl (C=O) groups excluding carboxylic acids is 2. The van der Waals surface area contributed by atoms with Crippen LogP contribution in [0.1, 0.15) is 60.7 Å². The van der Waals surface area contributed by atoms with Crippen molar-refractivity contribution >= 4 is 41.4 Å². The number of benzene rings is 3. The molecule has 0 aliphatic rings. The maximum absolute atomic E-state index is 13.1. The molecular weight excluding hydrogens is 484 g/mol. The highest BCUT2D eigenvalue weighted by Gasteiger charge is 2.16. The zero-order valence-electron chi connectivity index (χ0n) is 21.7. The average Bonchev–Trinajstić information content (AvgIpc) is 2.90. The number of nitrogens with zero attached hydrogens (tertiary/aromatic N) is 2. The van der Waals surface area contributed by atoms with E-state index in [1.807, 2.05) is 48.5 Å². The van der Waals surface area contributed by atoms with Crippen molar-refractivity contribution in [2.75, 3.05) is 18.0 Å². The Balaban J connectivity index is 1.82. The molecule has 0 saturated carbocycles. The molecule has 0 bridgehead atoms. The fourth-order valence-electron chi connectivity index (χ4n) is 3.72. The molecule has 0 heterocycles. The van der Waals surface area contributed by atoms with Crippen LogP contribution in [0.4, 0.5) is 5.69 Å². The Labute approximate surface area is 224 Å². The first-order valence-electron chi connectivity index (χ1n) is 12.4. The van der Waals surface area contributed by atoms with E-state index in [0.29, 0.717) is 10.9 Å². The molecule has 7 heteroatoms. The minimum Gasteiger partial charge on any atom is -0.372 e. The molecule has 0 spiro atoms. The monoisotopic (exact) mass is 516 g/mol. The lowest BCUT2D eigenvalue weighted by molar-refractivity contribution is -0.117. The van der Waals surface area contributed by atoms with Crippen LogP contribution < -0.4 is 15.6 Å². The molecule has 0 fully saturated rings. The van der Waals surface area contributed by atoms with Crippen molar-refractivity contribution in [3.8, 4) is 0 Å². The van der Waals surface area contributed by atoms with E-state index in [2.05, 4.69) is 48.4 Å². The van der Waals surface area contributed by atoms with Gasteiger partial charge < -0.3 is 10.2 Å². The molecule has 0 aliphatic carbocycles. The Hall–Kier alpha value is -3.90. The van der Waals surface area contributed by atoms with Crippen molar-refractivity contribution in [1.29, 1.82) is 0 Å². The Morgan fingerprint density at radius 2 is 1.54 bits per heavy atom. The lowest BCUT2D eigenvalue weighted by Crippen LogP contribution is -2.33. The van der Waals surface area contributed by atoms with E-state index in [1.54, 1.807) is 36.6 Å². The number of hydrazone groups is 1. The van der Waals surface area contributed by atoms with Gasteiger partial charge in [0.15, 0.2) is 0 Å². The molecule has 2 N–H and O–H groups in total. The lowest BCUT2D eigenvalue weighted by Gasteiger charge is -2.21. The summed E-state index contributed by atoms with van der Waals surface area (Å²) in [6, 6.07) is 22.4. The van der Waals surface area contributed by atoms with Crippen LogP contribution in [0.5, 0.6) is 0 Å². The Kier molecular flexibility index (Phi) is 10.0. The fraction of sp³-hybridized carbons (Fsp3) is 0.233. The van der Waals surface area contributed by atoms with Gasteiger partial charge in [-0.3, -0.25) is 9.59 Å². The van der Waals surface area contributed by atoms with Gasteiger partial charge in [0.2, 0.25) is 0 Å². The highest BCUT2D eigenvalue weighted by Crippen LogP contribution is 2.18. The van der Waals surface area contributed by atoms with Crippen LogP contribution in [0.3, 0.4) is 0 Å². The molecule has 0 aromatic heterocycles. The first-order valence-corrected chi connectivity index (χ1v) is 12.8. The zero-order chi connectivity index (χ0) is 26.8. The van der Waals surface area contributed by atoms with Gasteiger partial charge in [-0.05, 0) is 66.8 Å². The smallest absolute Gasteiger partial charge is 0.287 e. The van der Waals surface area contributed by atoms with Gasteiger partial charge in [-0.25, -0.2) is 5.43 Å². The van der Waals surface area contributed by atoms with Gasteiger partial charge in [0.25, 0.3) is 11.8 Å². The highest BCUT2D eigenvalue weighted by molar-refractivity contribution is 6.34. The van der Waals surface area contributed by atoms with Crippen LogP contribution in [0.15, 0.2) is 83.6 Å². The molecule has 0 saturated heterocycles. The second kappa shape index (κ2) is 13.4. The van der Waals surface area contributed by atoms with Crippen molar-refractivity contribution in [2.45, 2.75) is 33.6 Å². The van der Waals surface area contributed by atoms with Gasteiger partial charge in [0.1, 0.15) is 5.70 Å². The molecule has 6 nitrogen and oxygen atoms in total. The number of amides is 2. The van der Waals surface area contributed by atoms with E-state index in [1.165, 1.54) is 5.56 Å². The summed E-state index contributed by atoms with van der Waals surface area (Å²) < 4.78 is 0. The molecular formula is C30H33ClN4O2. The number of halogens is 1. The molecule has 0 unspecified atom stereocenters. The van der Waals surface area contributed by atoms with Gasteiger partial charge in [0.05, 0.1) is 16.8 Å². The molecule has 0 radical (unpaired) electrons. The van der Waals surface area contributed by atoms with Crippen molar-refractivity contribution in [2.24, 2.45) is 5.10 Å². The molecule has 0 aliphatic heterocycles. The number of carbonyl (C=O) groups is 2. The van der Waals surface area contributed by atoms with Crippen LogP contribution in [-0.4, -0.2) is 31.1 Å². The Bertz CT molecular complexity index is 1260. The molecule has 0 atom stereocenters. The summed E-state index contributed by atoms with van der Waals surface area (Å²) >= 11 is 6.19. The summed E-state index contributed by atoms with van der Waals surface area (Å²) in [7, 11) is 0. The van der Waals surface area contributed by atoms with E-state index < -0.39 is 11.8 Å². The van der Waals surface area contributed by atoms with Crippen LogP contribution in [0.25, 0.3) is 6.08 Å². The van der Waals surface area contributed by atoms with Gasteiger partial charge in [-0.1, -0.05) is 74.0 Å². The van der Waals surface area contributed by atoms with Crippen LogP contribution in [0, 0.1) is 0 Å². The summed E-state index contributed by atoms with van der Waals surface area (Å²) in [4.78, 5) is 28.2. The first kappa shape index (κ1) is 27.7. The quantitative estimate of drug-likeness (QED) is 0.190. The standard InChI is InChI=1S/C30H33ClN4O2/c1-5-35(6-2)25-17-13-22(14-18-25)19-28(33-29(36)26-9-7-8-10-27(26)31)30(37)34-32-20-23-11-15-24(16-12-23)21(3)4/h7-21H,5-6H2,1-4H3,(H,33,36)(H,34,37)/b28-19+,32-20?. The molecule has 37 heavy (non-hydrogen) atoms. The predicted octanol–water partition coefficient (Wildman–Crippen LogP) is 6.23. The number of hydrogen-bond donors (Lipinski definition) is 2. The minimum atomic E-state index is -0.553. The number of rotatable bonds is 10. The lowest BCUT2D eigenvalue weighted by atomic mass is 10.0. The number of anilines is 1. The normalized spacial score (nSPS) is 11.6. The van der Waals surface area contributed by atoms with Gasteiger partial charge >= 0.3 is 0 Å². The van der Waals surface area contributed by atoms with E-state index in [4.69, 9.17) is 11.6 Å². The Morgan fingerprint density at radius 3 is 2.14 bits per heavy atom. The van der Waals surface area contributed by atoms with Crippen molar-refractivity contribution in [1.82, 2.24) is 10.7 Å². The van der Waals surface area contributed by atoms with Crippen molar-refractivity contribution in [3.63, 3.8) is 0 Å². The third kappa shape index (κ3) is 7.79. The topological polar surface area (TPSA) is 73.8 Å². The second-order valence-electron chi connectivity index (χ2n) is 8.78. The minimum absolute atomic E-state index is 0.0489. The van der Waals surface area contributed by atoms with Crippen LogP contribution >= 0.6 is 11.6 Å². The van der Waals surface area contributed by atoms with E-state index in [0.717, 1.165) is 29.9 Å². The summed E-state index contributed by atoms with van der Waals surface area (Å²) in [5.74, 6) is -0.607. The van der Waals surface area contributed by atoms with Gasteiger partial charge in [0, 0.05) is 18.8 Å². The molecule has 3 rings (SSSR count). The first-order chi connectivity index (χ1) is 17.8. The zero-order valence-corrected chi connectivity index (χ0v) is 22.4. The summed E-state index contributed by atoms with van der Waals surface area (Å²) in [5, 5.41) is 7.08. The van der Waals surface area contributed by atoms with E-state index in [-0.39, 0.29) is 11.3 Å². The maximum Gasteiger partial charge on any atom is 0.287 e. The van der Waals surface area contributed by atoms with Crippen LogP contribution in [-0.2, 0) is 4.79 Å². The van der Waals surface area contributed by atoms with Gasteiger partial charge in [-0.2, -0.15) is 5.10 Å². The molecule has 3 aromatic rings. The third-order valence-electron chi connectivity index (χ3n) is 5.93. The largest absolute Gasteiger partial charge is 0.372 e. The maximum atomic E-state index is 13.1. The SMILES string of the molecule is CCN(CC)c1ccc(/C=C(/NC(=O)c2ccccc2Cl)C(=O)NN=Cc2ccc(C(C)C)cc2)cc1. The molecule has 192 valence electrons. The summed E-state index contributed by atoms with van der Waals surface area (Å²) in [6.45, 7) is 10.2. The van der Waals surface area contributed by atoms with Crippen LogP contribution in [0.2, 0.25) is 5.02 Å². The van der Waals surface area contributed by atoms with Crippen molar-refractivity contribution in [3.05, 3.63) is 106 Å². The van der Waals surface area contributed by atoms with Crippen molar-refractivity contribution < 1.29 is 9.59 Å². The number of nitrogens with one attached hydrogen (secondary N) is 2. The van der Waals surface area contributed by atoms with E-state index >= 15 is 0 Å². The number of hydrogen-bond acceptors (Lipinski definition) is 4. The Morgan fingerprint density at radius 1 is 0.919 bits per heavy atom. The highest BCUT2D eigenvalue weighted by atomic mass is 35.5.